The maximum atomic E-state index is 13.3. The summed E-state index contributed by atoms with van der Waals surface area (Å²) in [5, 5.41) is 3.81. The second kappa shape index (κ2) is 9.85. The normalized spacial score (nSPS) is 16.3. The number of para-hydroxylation sites is 1. The number of halogens is 4. The monoisotopic (exact) mass is 517 g/mol. The molecule has 34 heavy (non-hydrogen) atoms. The first kappa shape index (κ1) is 25.9. The van der Waals surface area contributed by atoms with E-state index in [2.05, 4.69) is 10.7 Å². The van der Waals surface area contributed by atoms with Crippen molar-refractivity contribution in [1.82, 2.24) is 5.43 Å². The van der Waals surface area contributed by atoms with Gasteiger partial charge in [-0.1, -0.05) is 44.5 Å². The van der Waals surface area contributed by atoms with Gasteiger partial charge in [0.15, 0.2) is 6.61 Å². The molecule has 12 heteroatoms. The molecular formula is C22H23ClF3N3O4S. The van der Waals surface area contributed by atoms with Gasteiger partial charge in [0.1, 0.15) is 10.9 Å². The molecule has 2 aromatic rings. The number of amides is 1. The number of methoxy groups -OCH3 is 1. The number of ether oxygens (including phenoxy) is 2. The van der Waals surface area contributed by atoms with E-state index in [9.17, 15) is 22.8 Å². The van der Waals surface area contributed by atoms with E-state index < -0.39 is 30.7 Å². The number of thiophene rings is 1. The molecule has 1 aromatic heterocycles. The van der Waals surface area contributed by atoms with E-state index in [1.54, 1.807) is 18.2 Å². The molecule has 0 saturated carbocycles. The molecule has 184 valence electrons. The molecular weight excluding hydrogens is 495 g/mol. The molecule has 1 unspecified atom stereocenters. The second-order valence-electron chi connectivity index (χ2n) is 8.37. The Bertz CT molecular complexity index is 1110. The SMILES string of the molecule is COC(=O)c1sc(C(C)(C)C)cc1NC(=O)COC1=CC(C(F)(F)F)NN1c1ccccc1Cl. The minimum Gasteiger partial charge on any atom is -0.468 e. The smallest absolute Gasteiger partial charge is 0.409 e. The van der Waals surface area contributed by atoms with Crippen LogP contribution in [0.5, 0.6) is 0 Å². The Morgan fingerprint density at radius 3 is 2.50 bits per heavy atom. The Balaban J connectivity index is 1.78. The van der Waals surface area contributed by atoms with Gasteiger partial charge in [-0.15, -0.1) is 11.3 Å². The van der Waals surface area contributed by atoms with Gasteiger partial charge in [-0.05, 0) is 23.6 Å². The molecule has 0 spiro atoms. The van der Waals surface area contributed by atoms with Crippen molar-refractivity contribution in [2.45, 2.75) is 38.4 Å². The summed E-state index contributed by atoms with van der Waals surface area (Å²) < 4.78 is 50.2. The molecule has 1 aromatic carbocycles. The molecule has 0 bridgehead atoms. The quantitative estimate of drug-likeness (QED) is 0.510. The Morgan fingerprint density at radius 2 is 1.91 bits per heavy atom. The molecule has 2 heterocycles. The van der Waals surface area contributed by atoms with Crippen LogP contribution in [0.4, 0.5) is 24.5 Å². The molecule has 2 N–H and O–H groups in total. The Hall–Kier alpha value is -2.76. The van der Waals surface area contributed by atoms with E-state index >= 15 is 0 Å². The van der Waals surface area contributed by atoms with E-state index in [1.807, 2.05) is 20.8 Å². The molecule has 1 aliphatic heterocycles. The molecule has 3 rings (SSSR count). The number of hydrogen-bond donors (Lipinski definition) is 2. The van der Waals surface area contributed by atoms with Gasteiger partial charge in [0.2, 0.25) is 5.88 Å². The summed E-state index contributed by atoms with van der Waals surface area (Å²) in [6, 6.07) is 5.90. The Labute approximate surface area is 203 Å². The van der Waals surface area contributed by atoms with Crippen LogP contribution in [0.2, 0.25) is 5.02 Å². The van der Waals surface area contributed by atoms with Crippen LogP contribution < -0.4 is 15.8 Å². The predicted octanol–water partition coefficient (Wildman–Crippen LogP) is 5.24. The molecule has 7 nitrogen and oxygen atoms in total. The van der Waals surface area contributed by atoms with Crippen LogP contribution >= 0.6 is 22.9 Å². The number of hydrogen-bond acceptors (Lipinski definition) is 7. The first-order chi connectivity index (χ1) is 15.8. The summed E-state index contributed by atoms with van der Waals surface area (Å²) >= 11 is 7.32. The van der Waals surface area contributed by atoms with Crippen molar-refractivity contribution in [2.24, 2.45) is 0 Å². The van der Waals surface area contributed by atoms with Crippen LogP contribution in [-0.2, 0) is 19.7 Å². The standard InChI is InChI=1S/C22H23ClF3N3O4S/c1-21(2,3)16-9-13(19(34-16)20(31)32-4)27-17(30)11-33-18-10-15(22(24,25)26)28-29(18)14-8-6-5-7-12(14)23/h5-10,15,28H,11H2,1-4H3,(H,27,30). The number of anilines is 2. The van der Waals surface area contributed by atoms with Gasteiger partial charge in [-0.2, -0.15) is 13.2 Å². The third-order valence-electron chi connectivity index (χ3n) is 4.71. The molecule has 1 amide bonds. The van der Waals surface area contributed by atoms with Crippen LogP contribution in [0.3, 0.4) is 0 Å². The van der Waals surface area contributed by atoms with E-state index in [1.165, 1.54) is 30.6 Å². The Morgan fingerprint density at radius 1 is 1.24 bits per heavy atom. The first-order valence-corrected chi connectivity index (χ1v) is 11.3. The fourth-order valence-electron chi connectivity index (χ4n) is 2.98. The minimum atomic E-state index is -4.59. The van der Waals surface area contributed by atoms with Crippen LogP contribution in [0, 0.1) is 0 Å². The van der Waals surface area contributed by atoms with Crippen molar-refractivity contribution >= 4 is 46.2 Å². The highest BCUT2D eigenvalue weighted by molar-refractivity contribution is 7.14. The lowest BCUT2D eigenvalue weighted by Crippen LogP contribution is -2.45. The fourth-order valence-corrected chi connectivity index (χ4v) is 4.29. The van der Waals surface area contributed by atoms with E-state index in [4.69, 9.17) is 21.1 Å². The van der Waals surface area contributed by atoms with Crippen LogP contribution in [0.15, 0.2) is 42.3 Å². The summed E-state index contributed by atoms with van der Waals surface area (Å²) in [4.78, 5) is 25.8. The first-order valence-electron chi connectivity index (χ1n) is 10.1. The number of alkyl halides is 3. The fraction of sp³-hybridized carbons (Fsp3) is 0.364. The van der Waals surface area contributed by atoms with E-state index in [-0.39, 0.29) is 32.6 Å². The topological polar surface area (TPSA) is 79.9 Å². The molecule has 0 aliphatic carbocycles. The summed E-state index contributed by atoms with van der Waals surface area (Å²) in [5.74, 6) is -1.52. The van der Waals surface area contributed by atoms with Crippen LogP contribution in [0.25, 0.3) is 0 Å². The maximum absolute atomic E-state index is 13.3. The van der Waals surface area contributed by atoms with E-state index in [0.29, 0.717) is 0 Å². The number of hydrazine groups is 1. The predicted molar refractivity (Wildman–Crippen MR) is 124 cm³/mol. The second-order valence-corrected chi connectivity index (χ2v) is 9.83. The summed E-state index contributed by atoms with van der Waals surface area (Å²) in [7, 11) is 1.23. The van der Waals surface area contributed by atoms with Gasteiger partial charge < -0.3 is 14.8 Å². The summed E-state index contributed by atoms with van der Waals surface area (Å²) in [6.45, 7) is 5.25. The lowest BCUT2D eigenvalue weighted by Gasteiger charge is -2.25. The highest BCUT2D eigenvalue weighted by atomic mass is 35.5. The van der Waals surface area contributed by atoms with Crippen molar-refractivity contribution in [1.29, 1.82) is 0 Å². The lowest BCUT2D eigenvalue weighted by molar-refractivity contribution is -0.142. The number of nitrogens with one attached hydrogen (secondary N) is 2. The summed E-state index contributed by atoms with van der Waals surface area (Å²) in [6.07, 6.45) is -3.78. The number of carbonyl (C=O) groups is 2. The van der Waals surface area contributed by atoms with Crippen molar-refractivity contribution in [3.63, 3.8) is 0 Å². The lowest BCUT2D eigenvalue weighted by atomic mass is 9.94. The molecule has 0 radical (unpaired) electrons. The van der Waals surface area contributed by atoms with Gasteiger partial charge in [0, 0.05) is 11.0 Å². The summed E-state index contributed by atoms with van der Waals surface area (Å²) in [5.41, 5.74) is 2.46. The average molecular weight is 518 g/mol. The number of esters is 1. The molecule has 0 saturated heterocycles. The van der Waals surface area contributed by atoms with Crippen molar-refractivity contribution in [3.05, 3.63) is 57.1 Å². The maximum Gasteiger partial charge on any atom is 0.409 e. The van der Waals surface area contributed by atoms with E-state index in [0.717, 1.165) is 16.0 Å². The third kappa shape index (κ3) is 5.83. The van der Waals surface area contributed by atoms with Gasteiger partial charge >= 0.3 is 12.1 Å². The molecule has 0 fully saturated rings. The highest BCUT2D eigenvalue weighted by Crippen LogP contribution is 2.36. The average Bonchev–Trinajstić information content (AvgIpc) is 3.36. The van der Waals surface area contributed by atoms with Crippen molar-refractivity contribution < 1.29 is 32.2 Å². The van der Waals surface area contributed by atoms with Gasteiger partial charge in [0.05, 0.1) is 23.5 Å². The number of nitrogens with zero attached hydrogens (tertiary/aromatic N) is 1. The minimum absolute atomic E-state index is 0.187. The molecule has 1 aliphatic rings. The number of benzene rings is 1. The van der Waals surface area contributed by atoms with Crippen LogP contribution in [0.1, 0.15) is 35.3 Å². The zero-order chi connectivity index (χ0) is 25.3. The number of rotatable bonds is 6. The Kier molecular flexibility index (Phi) is 7.49. The zero-order valence-electron chi connectivity index (χ0n) is 18.7. The van der Waals surface area contributed by atoms with Crippen molar-refractivity contribution in [2.75, 3.05) is 24.0 Å². The third-order valence-corrected chi connectivity index (χ3v) is 6.57. The van der Waals surface area contributed by atoms with Gasteiger partial charge in [-0.3, -0.25) is 4.79 Å². The van der Waals surface area contributed by atoms with Crippen molar-refractivity contribution in [3.8, 4) is 0 Å². The highest BCUT2D eigenvalue weighted by Gasteiger charge is 2.44. The van der Waals surface area contributed by atoms with Gasteiger partial charge in [-0.25, -0.2) is 15.2 Å². The van der Waals surface area contributed by atoms with Gasteiger partial charge in [0.25, 0.3) is 5.91 Å². The number of carbonyl (C=O) groups excluding carboxylic acids is 2. The largest absolute Gasteiger partial charge is 0.468 e. The zero-order valence-corrected chi connectivity index (χ0v) is 20.3. The molecule has 1 atom stereocenters. The van der Waals surface area contributed by atoms with Crippen LogP contribution in [-0.4, -0.2) is 37.8 Å².